The lowest BCUT2D eigenvalue weighted by molar-refractivity contribution is -0.119. The molecule has 4 atom stereocenters. The Balaban J connectivity index is 1.41. The van der Waals surface area contributed by atoms with Gasteiger partial charge in [0.2, 0.25) is 11.0 Å². The van der Waals surface area contributed by atoms with Gasteiger partial charge in [0, 0.05) is 12.1 Å². The number of amides is 1. The first-order valence-corrected chi connectivity index (χ1v) is 10.3. The molecule has 0 aromatic carbocycles. The minimum atomic E-state index is 0.110. The van der Waals surface area contributed by atoms with Crippen molar-refractivity contribution in [2.45, 2.75) is 62.9 Å². The van der Waals surface area contributed by atoms with Crippen molar-refractivity contribution in [2.24, 2.45) is 17.8 Å². The second kappa shape index (κ2) is 7.38. The minimum absolute atomic E-state index is 0.110. The van der Waals surface area contributed by atoms with Gasteiger partial charge in [-0.15, -0.1) is 10.2 Å². The highest BCUT2D eigenvalue weighted by Gasteiger charge is 2.42. The van der Waals surface area contributed by atoms with Gasteiger partial charge in [0.15, 0.2) is 4.34 Å². The predicted octanol–water partition coefficient (Wildman–Crippen LogP) is 3.39. The monoisotopic (exact) mass is 354 g/mol. The van der Waals surface area contributed by atoms with E-state index in [-0.39, 0.29) is 5.91 Å². The first kappa shape index (κ1) is 17.0. The molecule has 0 radical (unpaired) electrons. The van der Waals surface area contributed by atoms with Crippen LogP contribution >= 0.6 is 23.1 Å². The molecule has 1 aromatic rings. The lowest BCUT2D eigenvalue weighted by atomic mass is 9.84. The Morgan fingerprint density at radius 3 is 2.78 bits per heavy atom. The van der Waals surface area contributed by atoms with E-state index in [0.717, 1.165) is 21.3 Å². The van der Waals surface area contributed by atoms with Crippen molar-refractivity contribution in [3.05, 3.63) is 0 Å². The van der Waals surface area contributed by atoms with Gasteiger partial charge in [0.25, 0.3) is 0 Å². The van der Waals surface area contributed by atoms with Gasteiger partial charge in [-0.2, -0.15) is 0 Å². The van der Waals surface area contributed by atoms with Gasteiger partial charge in [-0.1, -0.05) is 29.5 Å². The molecule has 0 aliphatic heterocycles. The molecule has 23 heavy (non-hydrogen) atoms. The number of rotatable bonds is 7. The molecule has 0 saturated heterocycles. The molecule has 128 valence electrons. The largest absolute Gasteiger partial charge is 0.358 e. The molecule has 2 N–H and O–H groups in total. The van der Waals surface area contributed by atoms with Crippen LogP contribution in [0.3, 0.4) is 0 Å². The van der Waals surface area contributed by atoms with Gasteiger partial charge in [0.05, 0.1) is 5.75 Å². The highest BCUT2D eigenvalue weighted by atomic mass is 32.2. The van der Waals surface area contributed by atoms with Crippen LogP contribution in [0, 0.1) is 17.8 Å². The summed E-state index contributed by atoms with van der Waals surface area (Å²) >= 11 is 2.98. The van der Waals surface area contributed by atoms with Gasteiger partial charge in [-0.3, -0.25) is 4.79 Å². The molecule has 1 heterocycles. The second-order valence-corrected chi connectivity index (χ2v) is 9.36. The molecular formula is C16H26N4OS2. The average Bonchev–Trinajstić information content (AvgIpc) is 3.20. The topological polar surface area (TPSA) is 66.9 Å². The molecule has 0 spiro atoms. The van der Waals surface area contributed by atoms with Crippen LogP contribution in [-0.4, -0.2) is 33.9 Å². The third-order valence-corrected chi connectivity index (χ3v) is 6.96. The zero-order chi connectivity index (χ0) is 16.4. The molecule has 5 nitrogen and oxygen atoms in total. The van der Waals surface area contributed by atoms with Crippen LogP contribution in [0.1, 0.15) is 46.5 Å². The van der Waals surface area contributed by atoms with Crippen LogP contribution in [-0.2, 0) is 4.79 Å². The van der Waals surface area contributed by atoms with Gasteiger partial charge >= 0.3 is 0 Å². The molecule has 2 fully saturated rings. The Labute approximate surface area is 146 Å². The van der Waals surface area contributed by atoms with E-state index in [2.05, 4.69) is 41.6 Å². The van der Waals surface area contributed by atoms with Gasteiger partial charge in [0.1, 0.15) is 0 Å². The third kappa shape index (κ3) is 4.38. The number of nitrogens with one attached hydrogen (secondary N) is 2. The maximum absolute atomic E-state index is 12.2. The quantitative estimate of drug-likeness (QED) is 0.735. The Kier molecular flexibility index (Phi) is 5.46. The standard InChI is InChI=1S/C16H26N4OS2/c1-9(2)17-15-19-20-16(23-15)22-8-14(21)18-10(3)13-7-11-4-5-12(13)6-11/h9-13H,4-8H2,1-3H3,(H,17,19)(H,18,21)/t10-,11-,12-,13+/m0/s1. The molecule has 1 aromatic heterocycles. The summed E-state index contributed by atoms with van der Waals surface area (Å²) in [5.41, 5.74) is 0. The van der Waals surface area contributed by atoms with E-state index in [9.17, 15) is 4.79 Å². The Hall–Kier alpha value is -0.820. The Bertz CT molecular complexity index is 548. The summed E-state index contributed by atoms with van der Waals surface area (Å²) in [5, 5.41) is 15.5. The van der Waals surface area contributed by atoms with Gasteiger partial charge in [-0.05, 0) is 57.8 Å². The molecule has 2 aliphatic rings. The summed E-state index contributed by atoms with van der Waals surface area (Å²) in [4.78, 5) is 12.2. The number of anilines is 1. The number of nitrogens with zero attached hydrogens (tertiary/aromatic N) is 2. The molecule has 0 unspecified atom stereocenters. The summed E-state index contributed by atoms with van der Waals surface area (Å²) in [5.74, 6) is 2.98. The molecule has 2 bridgehead atoms. The predicted molar refractivity (Wildman–Crippen MR) is 95.9 cm³/mol. The highest BCUT2D eigenvalue weighted by Crippen LogP contribution is 2.49. The zero-order valence-electron chi connectivity index (χ0n) is 14.0. The van der Waals surface area contributed by atoms with E-state index < -0.39 is 0 Å². The third-order valence-electron chi connectivity index (χ3n) is 4.97. The van der Waals surface area contributed by atoms with Crippen molar-refractivity contribution in [1.29, 1.82) is 0 Å². The maximum Gasteiger partial charge on any atom is 0.230 e. The van der Waals surface area contributed by atoms with Crippen LogP contribution in [0.25, 0.3) is 0 Å². The van der Waals surface area contributed by atoms with Crippen LogP contribution in [0.15, 0.2) is 4.34 Å². The van der Waals surface area contributed by atoms with Crippen LogP contribution in [0.2, 0.25) is 0 Å². The van der Waals surface area contributed by atoms with Crippen LogP contribution < -0.4 is 10.6 Å². The van der Waals surface area contributed by atoms with E-state index in [1.54, 1.807) is 0 Å². The van der Waals surface area contributed by atoms with Crippen LogP contribution in [0.5, 0.6) is 0 Å². The fourth-order valence-corrected chi connectivity index (χ4v) is 5.72. The normalized spacial score (nSPS) is 27.4. The lowest BCUT2D eigenvalue weighted by Crippen LogP contribution is -2.40. The van der Waals surface area contributed by atoms with Crippen molar-refractivity contribution >= 4 is 34.1 Å². The summed E-state index contributed by atoms with van der Waals surface area (Å²) < 4.78 is 0.843. The van der Waals surface area contributed by atoms with E-state index in [4.69, 9.17) is 0 Å². The molecule has 2 aliphatic carbocycles. The first-order chi connectivity index (χ1) is 11.0. The number of hydrogen-bond donors (Lipinski definition) is 2. The van der Waals surface area contributed by atoms with Crippen molar-refractivity contribution in [3.8, 4) is 0 Å². The fraction of sp³-hybridized carbons (Fsp3) is 0.812. The number of hydrogen-bond acceptors (Lipinski definition) is 6. The van der Waals surface area contributed by atoms with E-state index >= 15 is 0 Å². The molecular weight excluding hydrogens is 328 g/mol. The number of carbonyl (C=O) groups excluding carboxylic acids is 1. The van der Waals surface area contributed by atoms with E-state index in [1.807, 2.05) is 0 Å². The first-order valence-electron chi connectivity index (χ1n) is 8.53. The SMILES string of the molecule is CC(C)Nc1nnc(SCC(=O)N[C@@H](C)[C@H]2C[C@H]3CC[C@H]2C3)s1. The smallest absolute Gasteiger partial charge is 0.230 e. The second-order valence-electron chi connectivity index (χ2n) is 7.16. The minimum Gasteiger partial charge on any atom is -0.358 e. The summed E-state index contributed by atoms with van der Waals surface area (Å²) in [7, 11) is 0. The maximum atomic E-state index is 12.2. The number of thioether (sulfide) groups is 1. The zero-order valence-corrected chi connectivity index (χ0v) is 15.7. The molecule has 7 heteroatoms. The number of carbonyl (C=O) groups is 1. The average molecular weight is 355 g/mol. The van der Waals surface area contributed by atoms with Crippen molar-refractivity contribution < 1.29 is 4.79 Å². The highest BCUT2D eigenvalue weighted by molar-refractivity contribution is 8.01. The summed E-state index contributed by atoms with van der Waals surface area (Å²) in [6.07, 6.45) is 5.46. The van der Waals surface area contributed by atoms with E-state index in [1.165, 1.54) is 48.8 Å². The fourth-order valence-electron chi connectivity index (χ4n) is 4.01. The van der Waals surface area contributed by atoms with Crippen molar-refractivity contribution in [1.82, 2.24) is 15.5 Å². The van der Waals surface area contributed by atoms with Gasteiger partial charge < -0.3 is 10.6 Å². The van der Waals surface area contributed by atoms with Crippen molar-refractivity contribution in [3.63, 3.8) is 0 Å². The van der Waals surface area contributed by atoms with Crippen LogP contribution in [0.4, 0.5) is 5.13 Å². The summed E-state index contributed by atoms with van der Waals surface area (Å²) in [6.45, 7) is 6.31. The van der Waals surface area contributed by atoms with E-state index in [0.29, 0.717) is 23.8 Å². The molecule has 1 amide bonds. The molecule has 2 saturated carbocycles. The summed E-state index contributed by atoms with van der Waals surface area (Å²) in [6, 6.07) is 0.637. The number of aromatic nitrogens is 2. The van der Waals surface area contributed by atoms with Gasteiger partial charge in [-0.25, -0.2) is 0 Å². The lowest BCUT2D eigenvalue weighted by Gasteiger charge is -2.28. The Morgan fingerprint density at radius 2 is 2.13 bits per heavy atom. The number of fused-ring (bicyclic) bond motifs is 2. The van der Waals surface area contributed by atoms with Crippen molar-refractivity contribution in [2.75, 3.05) is 11.1 Å². The Morgan fingerprint density at radius 1 is 1.30 bits per heavy atom. The molecule has 3 rings (SSSR count).